The summed E-state index contributed by atoms with van der Waals surface area (Å²) in [4.78, 5) is 0. The number of ether oxygens (including phenoxy) is 1. The Morgan fingerprint density at radius 2 is 1.94 bits per heavy atom. The van der Waals surface area contributed by atoms with Crippen LogP contribution in [-0.4, -0.2) is 13.2 Å². The van der Waals surface area contributed by atoms with Gasteiger partial charge in [-0.1, -0.05) is 11.6 Å². The first kappa shape index (κ1) is 13.6. The number of hydrogen-bond donors (Lipinski definition) is 1. The van der Waals surface area contributed by atoms with Crippen LogP contribution >= 0.6 is 0 Å². The minimum Gasteiger partial charge on any atom is -0.497 e. The van der Waals surface area contributed by atoms with Crippen LogP contribution in [0.2, 0.25) is 0 Å². The lowest BCUT2D eigenvalue weighted by atomic mass is 10.1. The summed E-state index contributed by atoms with van der Waals surface area (Å²) in [7, 11) is 1.68. The van der Waals surface area contributed by atoms with Gasteiger partial charge >= 0.3 is 0 Å². The van der Waals surface area contributed by atoms with E-state index in [0.717, 1.165) is 24.3 Å². The number of allylic oxidation sites excluding steroid dienone is 2. The summed E-state index contributed by atoms with van der Waals surface area (Å²) in [5, 5.41) is 3.48. The molecule has 0 aromatic heterocycles. The van der Waals surface area contributed by atoms with Gasteiger partial charge in [-0.3, -0.25) is 0 Å². The van der Waals surface area contributed by atoms with Gasteiger partial charge in [0.1, 0.15) is 5.75 Å². The van der Waals surface area contributed by atoms with Crippen molar-refractivity contribution in [1.29, 1.82) is 0 Å². The maximum Gasteiger partial charge on any atom is 0.119 e. The second-order valence-corrected chi connectivity index (χ2v) is 4.63. The van der Waals surface area contributed by atoms with Crippen molar-refractivity contribution < 1.29 is 4.74 Å². The van der Waals surface area contributed by atoms with Gasteiger partial charge in [0, 0.05) is 11.7 Å². The van der Waals surface area contributed by atoms with Crippen molar-refractivity contribution in [3.63, 3.8) is 0 Å². The van der Waals surface area contributed by atoms with Crippen LogP contribution in [0.4, 0.5) is 5.69 Å². The molecule has 17 heavy (non-hydrogen) atoms. The summed E-state index contributed by atoms with van der Waals surface area (Å²) < 4.78 is 5.13. The average Bonchev–Trinajstić information content (AvgIpc) is 2.29. The normalized spacial score (nSPS) is 11.8. The van der Waals surface area contributed by atoms with E-state index in [2.05, 4.69) is 44.3 Å². The van der Waals surface area contributed by atoms with Gasteiger partial charge in [-0.15, -0.1) is 0 Å². The summed E-state index contributed by atoms with van der Waals surface area (Å²) in [5.74, 6) is 0.896. The lowest BCUT2D eigenvalue weighted by Gasteiger charge is -2.14. The molecule has 1 aromatic rings. The summed E-state index contributed by atoms with van der Waals surface area (Å²) >= 11 is 0. The van der Waals surface area contributed by atoms with Crippen molar-refractivity contribution >= 4 is 5.69 Å². The first-order valence-corrected chi connectivity index (χ1v) is 6.15. The zero-order valence-corrected chi connectivity index (χ0v) is 11.3. The van der Waals surface area contributed by atoms with Gasteiger partial charge < -0.3 is 10.1 Å². The predicted molar refractivity (Wildman–Crippen MR) is 74.7 cm³/mol. The molecule has 0 amide bonds. The first-order valence-electron chi connectivity index (χ1n) is 6.15. The van der Waals surface area contributed by atoms with E-state index in [9.17, 15) is 0 Å². The molecule has 1 N–H and O–H groups in total. The number of rotatable bonds is 6. The highest BCUT2D eigenvalue weighted by Gasteiger charge is 2.01. The smallest absolute Gasteiger partial charge is 0.119 e. The predicted octanol–water partition coefficient (Wildman–Crippen LogP) is 4.24. The van der Waals surface area contributed by atoms with E-state index in [1.165, 1.54) is 5.57 Å². The van der Waals surface area contributed by atoms with E-state index >= 15 is 0 Å². The Bertz CT molecular complexity index is 350. The quantitative estimate of drug-likeness (QED) is 0.742. The molecule has 1 unspecified atom stereocenters. The number of methoxy groups -OCH3 is 1. The molecular formula is C15H23NO. The standard InChI is InChI=1S/C15H23NO/c1-12(2)6-5-7-13(3)16-14-8-10-15(17-4)11-9-14/h6,8-11,13,16H,5,7H2,1-4H3. The molecule has 0 spiro atoms. The molecule has 1 rings (SSSR count). The second kappa shape index (κ2) is 7.00. The summed E-state index contributed by atoms with van der Waals surface area (Å²) in [6, 6.07) is 8.54. The van der Waals surface area contributed by atoms with Gasteiger partial charge in [0.25, 0.3) is 0 Å². The maximum absolute atomic E-state index is 5.13. The molecule has 0 aliphatic rings. The van der Waals surface area contributed by atoms with E-state index in [0.29, 0.717) is 6.04 Å². The second-order valence-electron chi connectivity index (χ2n) is 4.63. The molecule has 2 nitrogen and oxygen atoms in total. The van der Waals surface area contributed by atoms with Crippen molar-refractivity contribution in [3.05, 3.63) is 35.9 Å². The lowest BCUT2D eigenvalue weighted by molar-refractivity contribution is 0.415. The fraction of sp³-hybridized carbons (Fsp3) is 0.467. The van der Waals surface area contributed by atoms with E-state index in [1.54, 1.807) is 7.11 Å². The van der Waals surface area contributed by atoms with Gasteiger partial charge in [-0.25, -0.2) is 0 Å². The van der Waals surface area contributed by atoms with E-state index < -0.39 is 0 Å². The lowest BCUT2D eigenvalue weighted by Crippen LogP contribution is -2.14. The highest BCUT2D eigenvalue weighted by atomic mass is 16.5. The molecule has 1 aromatic carbocycles. The zero-order valence-electron chi connectivity index (χ0n) is 11.3. The number of hydrogen-bond acceptors (Lipinski definition) is 2. The molecular weight excluding hydrogens is 210 g/mol. The van der Waals surface area contributed by atoms with Crippen molar-refractivity contribution in [2.75, 3.05) is 12.4 Å². The molecule has 0 bridgehead atoms. The summed E-state index contributed by atoms with van der Waals surface area (Å²) in [5.41, 5.74) is 2.54. The van der Waals surface area contributed by atoms with Gasteiger partial charge in [0.15, 0.2) is 0 Å². The Morgan fingerprint density at radius 1 is 1.29 bits per heavy atom. The van der Waals surface area contributed by atoms with Crippen LogP contribution in [0.25, 0.3) is 0 Å². The topological polar surface area (TPSA) is 21.3 Å². The van der Waals surface area contributed by atoms with Crippen LogP contribution in [0, 0.1) is 0 Å². The van der Waals surface area contributed by atoms with E-state index in [1.807, 2.05) is 12.1 Å². The summed E-state index contributed by atoms with van der Waals surface area (Å²) in [6.07, 6.45) is 4.57. The Kier molecular flexibility index (Phi) is 5.61. The highest BCUT2D eigenvalue weighted by Crippen LogP contribution is 2.16. The monoisotopic (exact) mass is 233 g/mol. The third-order valence-corrected chi connectivity index (χ3v) is 2.66. The molecule has 0 heterocycles. The number of benzene rings is 1. The third-order valence-electron chi connectivity index (χ3n) is 2.66. The van der Waals surface area contributed by atoms with Gasteiger partial charge in [-0.2, -0.15) is 0 Å². The average molecular weight is 233 g/mol. The SMILES string of the molecule is COc1ccc(NC(C)CCC=C(C)C)cc1. The van der Waals surface area contributed by atoms with Crippen LogP contribution in [0.5, 0.6) is 5.75 Å². The number of nitrogens with one attached hydrogen (secondary N) is 1. The Balaban J connectivity index is 2.39. The van der Waals surface area contributed by atoms with Crippen molar-refractivity contribution in [3.8, 4) is 5.75 Å². The molecule has 2 heteroatoms. The van der Waals surface area contributed by atoms with Crippen molar-refractivity contribution in [2.24, 2.45) is 0 Å². The molecule has 0 radical (unpaired) electrons. The zero-order chi connectivity index (χ0) is 12.7. The van der Waals surface area contributed by atoms with Gasteiger partial charge in [-0.05, 0) is 57.9 Å². The fourth-order valence-electron chi connectivity index (χ4n) is 1.67. The van der Waals surface area contributed by atoms with Crippen LogP contribution in [-0.2, 0) is 0 Å². The van der Waals surface area contributed by atoms with E-state index in [-0.39, 0.29) is 0 Å². The largest absolute Gasteiger partial charge is 0.497 e. The van der Waals surface area contributed by atoms with Crippen LogP contribution < -0.4 is 10.1 Å². The minimum absolute atomic E-state index is 0.485. The molecule has 94 valence electrons. The molecule has 1 atom stereocenters. The Labute approximate surface area is 105 Å². The van der Waals surface area contributed by atoms with Crippen LogP contribution in [0.3, 0.4) is 0 Å². The van der Waals surface area contributed by atoms with Gasteiger partial charge in [0.05, 0.1) is 7.11 Å². The molecule has 0 saturated carbocycles. The summed E-state index contributed by atoms with van der Waals surface area (Å²) in [6.45, 7) is 6.49. The number of anilines is 1. The van der Waals surface area contributed by atoms with E-state index in [4.69, 9.17) is 4.74 Å². The minimum atomic E-state index is 0.485. The van der Waals surface area contributed by atoms with Gasteiger partial charge in [0.2, 0.25) is 0 Å². The first-order chi connectivity index (χ1) is 8.11. The fourth-order valence-corrected chi connectivity index (χ4v) is 1.67. The molecule has 0 saturated heterocycles. The van der Waals surface area contributed by atoms with Crippen molar-refractivity contribution in [1.82, 2.24) is 0 Å². The van der Waals surface area contributed by atoms with Crippen molar-refractivity contribution in [2.45, 2.75) is 39.7 Å². The molecule has 0 aliphatic heterocycles. The molecule has 0 fully saturated rings. The van der Waals surface area contributed by atoms with Crippen LogP contribution in [0.15, 0.2) is 35.9 Å². The third kappa shape index (κ3) is 5.43. The van der Waals surface area contributed by atoms with Crippen LogP contribution in [0.1, 0.15) is 33.6 Å². The Hall–Kier alpha value is -1.44. The highest BCUT2D eigenvalue weighted by molar-refractivity contribution is 5.46. The molecule has 0 aliphatic carbocycles. The maximum atomic E-state index is 5.13. The Morgan fingerprint density at radius 3 is 2.47 bits per heavy atom.